The minimum Gasteiger partial charge on any atom is -0.374 e. The first-order chi connectivity index (χ1) is 6.63. The summed E-state index contributed by atoms with van der Waals surface area (Å²) >= 11 is 0. The van der Waals surface area contributed by atoms with Crippen LogP contribution in [0.4, 0.5) is 0 Å². The van der Waals surface area contributed by atoms with Gasteiger partial charge < -0.3 is 15.0 Å². The summed E-state index contributed by atoms with van der Waals surface area (Å²) in [5.41, 5.74) is 5.62. The zero-order valence-corrected chi connectivity index (χ0v) is 8.86. The Hall–Kier alpha value is -0.940. The molecule has 0 aliphatic rings. The van der Waals surface area contributed by atoms with Crippen molar-refractivity contribution in [3.05, 3.63) is 11.7 Å². The first kappa shape index (κ1) is 11.1. The summed E-state index contributed by atoms with van der Waals surface area (Å²) in [6.45, 7) is 3.83. The number of aryl methyl sites for hydroxylation is 1. The highest BCUT2D eigenvalue weighted by Gasteiger charge is 2.12. The fourth-order valence-corrected chi connectivity index (χ4v) is 0.991. The number of aromatic nitrogens is 2. The monoisotopic (exact) mass is 199 g/mol. The smallest absolute Gasteiger partial charge is 0.226 e. The topological polar surface area (TPSA) is 74.2 Å². The van der Waals surface area contributed by atoms with Gasteiger partial charge in [0.05, 0.1) is 0 Å². The van der Waals surface area contributed by atoms with Gasteiger partial charge in [0.25, 0.3) is 0 Å². The standard InChI is InChI=1S/C9H17N3O2/c1-6(10)4-5-8-11-9(12-14-8)7(2)13-3/h6-7H,4-5,10H2,1-3H3. The second-order valence-corrected chi connectivity index (χ2v) is 3.44. The molecule has 2 unspecified atom stereocenters. The Morgan fingerprint density at radius 2 is 2.21 bits per heavy atom. The van der Waals surface area contributed by atoms with Crippen LogP contribution in [0.3, 0.4) is 0 Å². The van der Waals surface area contributed by atoms with Crippen LogP contribution in [0.5, 0.6) is 0 Å². The molecule has 1 aromatic rings. The van der Waals surface area contributed by atoms with Gasteiger partial charge in [0.1, 0.15) is 6.10 Å². The van der Waals surface area contributed by atoms with Gasteiger partial charge in [-0.05, 0) is 20.3 Å². The summed E-state index contributed by atoms with van der Waals surface area (Å²) in [5, 5.41) is 3.81. The molecule has 0 fully saturated rings. The molecule has 0 saturated carbocycles. The average molecular weight is 199 g/mol. The van der Waals surface area contributed by atoms with Crippen LogP contribution >= 0.6 is 0 Å². The molecule has 0 radical (unpaired) electrons. The predicted octanol–water partition coefficient (Wildman–Crippen LogP) is 1.06. The van der Waals surface area contributed by atoms with Crippen molar-refractivity contribution in [1.82, 2.24) is 10.1 Å². The predicted molar refractivity (Wildman–Crippen MR) is 51.7 cm³/mol. The van der Waals surface area contributed by atoms with Gasteiger partial charge in [0, 0.05) is 19.6 Å². The summed E-state index contributed by atoms with van der Waals surface area (Å²) in [7, 11) is 1.61. The fourth-order valence-electron chi connectivity index (χ4n) is 0.991. The van der Waals surface area contributed by atoms with E-state index in [4.69, 9.17) is 15.0 Å². The number of nitrogens with two attached hydrogens (primary N) is 1. The third-order valence-electron chi connectivity index (χ3n) is 2.01. The number of hydrogen-bond acceptors (Lipinski definition) is 5. The molecule has 1 rings (SSSR count). The lowest BCUT2D eigenvalue weighted by Gasteiger charge is -2.01. The first-order valence-corrected chi connectivity index (χ1v) is 4.74. The lowest BCUT2D eigenvalue weighted by atomic mass is 10.2. The minimum atomic E-state index is -0.122. The maximum Gasteiger partial charge on any atom is 0.226 e. The van der Waals surface area contributed by atoms with E-state index in [0.717, 1.165) is 12.8 Å². The van der Waals surface area contributed by atoms with Crippen LogP contribution in [0.15, 0.2) is 4.52 Å². The molecule has 2 atom stereocenters. The van der Waals surface area contributed by atoms with Crippen LogP contribution in [0, 0.1) is 0 Å². The summed E-state index contributed by atoms with van der Waals surface area (Å²) in [5.74, 6) is 1.22. The van der Waals surface area contributed by atoms with E-state index in [1.807, 2.05) is 13.8 Å². The second kappa shape index (κ2) is 5.07. The molecule has 0 aromatic carbocycles. The number of nitrogens with zero attached hydrogens (tertiary/aromatic N) is 2. The van der Waals surface area contributed by atoms with Gasteiger partial charge in [-0.1, -0.05) is 5.16 Å². The molecule has 0 spiro atoms. The van der Waals surface area contributed by atoms with Gasteiger partial charge in [-0.3, -0.25) is 0 Å². The SMILES string of the molecule is COC(C)c1noc(CCC(C)N)n1. The normalized spacial score (nSPS) is 15.4. The Balaban J connectivity index is 2.50. The van der Waals surface area contributed by atoms with E-state index in [9.17, 15) is 0 Å². The van der Waals surface area contributed by atoms with Crippen molar-refractivity contribution < 1.29 is 9.26 Å². The summed E-state index contributed by atoms with van der Waals surface area (Å²) < 4.78 is 10.1. The lowest BCUT2D eigenvalue weighted by Crippen LogP contribution is -2.15. The molecule has 0 bridgehead atoms. The number of hydrogen-bond donors (Lipinski definition) is 1. The number of methoxy groups -OCH3 is 1. The van der Waals surface area contributed by atoms with Crippen molar-refractivity contribution in [2.45, 2.75) is 38.8 Å². The van der Waals surface area contributed by atoms with Crippen molar-refractivity contribution in [3.63, 3.8) is 0 Å². The van der Waals surface area contributed by atoms with Crippen LogP contribution < -0.4 is 5.73 Å². The lowest BCUT2D eigenvalue weighted by molar-refractivity contribution is 0.109. The molecule has 0 saturated heterocycles. The van der Waals surface area contributed by atoms with Crippen LogP contribution in [0.2, 0.25) is 0 Å². The minimum absolute atomic E-state index is 0.122. The van der Waals surface area contributed by atoms with Crippen LogP contribution in [0.25, 0.3) is 0 Å². The Kier molecular flexibility index (Phi) is 4.03. The maximum absolute atomic E-state index is 5.62. The molecule has 0 aliphatic heterocycles. The zero-order chi connectivity index (χ0) is 10.6. The van der Waals surface area contributed by atoms with E-state index >= 15 is 0 Å². The van der Waals surface area contributed by atoms with Crippen molar-refractivity contribution in [2.75, 3.05) is 7.11 Å². The van der Waals surface area contributed by atoms with Gasteiger partial charge >= 0.3 is 0 Å². The van der Waals surface area contributed by atoms with Crippen molar-refractivity contribution in [1.29, 1.82) is 0 Å². The molecule has 0 aliphatic carbocycles. The highest BCUT2D eigenvalue weighted by Crippen LogP contribution is 2.12. The molecule has 5 nitrogen and oxygen atoms in total. The molecule has 1 aromatic heterocycles. The maximum atomic E-state index is 5.62. The summed E-state index contributed by atoms with van der Waals surface area (Å²) in [6.07, 6.45) is 1.45. The van der Waals surface area contributed by atoms with E-state index in [1.165, 1.54) is 0 Å². The quantitative estimate of drug-likeness (QED) is 0.767. The molecular formula is C9H17N3O2. The fraction of sp³-hybridized carbons (Fsp3) is 0.778. The highest BCUT2D eigenvalue weighted by atomic mass is 16.5. The second-order valence-electron chi connectivity index (χ2n) is 3.44. The molecular weight excluding hydrogens is 182 g/mol. The molecule has 2 N–H and O–H groups in total. The molecule has 0 amide bonds. The van der Waals surface area contributed by atoms with Gasteiger partial charge in [0.2, 0.25) is 5.89 Å². The zero-order valence-electron chi connectivity index (χ0n) is 8.86. The number of ether oxygens (including phenoxy) is 1. The Morgan fingerprint density at radius 1 is 1.50 bits per heavy atom. The van der Waals surface area contributed by atoms with E-state index in [-0.39, 0.29) is 12.1 Å². The van der Waals surface area contributed by atoms with E-state index < -0.39 is 0 Å². The molecule has 80 valence electrons. The van der Waals surface area contributed by atoms with Crippen LogP contribution in [-0.4, -0.2) is 23.3 Å². The third-order valence-corrected chi connectivity index (χ3v) is 2.01. The summed E-state index contributed by atoms with van der Waals surface area (Å²) in [4.78, 5) is 4.19. The van der Waals surface area contributed by atoms with Crippen molar-refractivity contribution in [3.8, 4) is 0 Å². The van der Waals surface area contributed by atoms with Gasteiger partial charge in [0.15, 0.2) is 5.82 Å². The third kappa shape index (κ3) is 3.08. The van der Waals surface area contributed by atoms with Gasteiger partial charge in [-0.15, -0.1) is 0 Å². The van der Waals surface area contributed by atoms with E-state index in [1.54, 1.807) is 7.11 Å². The largest absolute Gasteiger partial charge is 0.374 e. The highest BCUT2D eigenvalue weighted by molar-refractivity contribution is 4.90. The van der Waals surface area contributed by atoms with Crippen LogP contribution in [-0.2, 0) is 11.2 Å². The van der Waals surface area contributed by atoms with Crippen molar-refractivity contribution >= 4 is 0 Å². The van der Waals surface area contributed by atoms with E-state index in [0.29, 0.717) is 11.7 Å². The molecule has 1 heterocycles. The number of rotatable bonds is 5. The van der Waals surface area contributed by atoms with Gasteiger partial charge in [-0.25, -0.2) is 0 Å². The Labute approximate surface area is 83.6 Å². The van der Waals surface area contributed by atoms with E-state index in [2.05, 4.69) is 10.1 Å². The van der Waals surface area contributed by atoms with Crippen LogP contribution in [0.1, 0.15) is 38.1 Å². The Bertz CT molecular complexity index is 273. The average Bonchev–Trinajstić information content (AvgIpc) is 2.62. The summed E-state index contributed by atoms with van der Waals surface area (Å²) in [6, 6.07) is 0.158. The first-order valence-electron chi connectivity index (χ1n) is 4.74. The Morgan fingerprint density at radius 3 is 2.79 bits per heavy atom. The molecule has 14 heavy (non-hydrogen) atoms. The van der Waals surface area contributed by atoms with Gasteiger partial charge in [-0.2, -0.15) is 4.98 Å². The van der Waals surface area contributed by atoms with Crippen molar-refractivity contribution in [2.24, 2.45) is 5.73 Å². The molecule has 5 heteroatoms.